The molecule has 0 aromatic heterocycles. The molecule has 0 heterocycles. The van der Waals surface area contributed by atoms with Crippen LogP contribution >= 0.6 is 15.9 Å². The maximum Gasteiger partial charge on any atom is 0.408 e. The van der Waals surface area contributed by atoms with Crippen LogP contribution in [0.3, 0.4) is 0 Å². The van der Waals surface area contributed by atoms with Gasteiger partial charge in [0.2, 0.25) is 11.8 Å². The molecule has 0 aliphatic heterocycles. The molecule has 7 nitrogen and oxygen atoms in total. The second kappa shape index (κ2) is 12.1. The Morgan fingerprint density at radius 2 is 1.58 bits per heavy atom. The predicted octanol–water partition coefficient (Wildman–Crippen LogP) is 3.30. The van der Waals surface area contributed by atoms with Gasteiger partial charge < -0.3 is 21.1 Å². The molecule has 0 fully saturated rings. The van der Waals surface area contributed by atoms with Crippen molar-refractivity contribution in [3.63, 3.8) is 0 Å². The lowest BCUT2D eigenvalue weighted by atomic mass is 10.0. The maximum absolute atomic E-state index is 12.9. The van der Waals surface area contributed by atoms with Crippen LogP contribution in [0.4, 0.5) is 4.79 Å². The van der Waals surface area contributed by atoms with Crippen molar-refractivity contribution < 1.29 is 19.1 Å². The first-order valence-electron chi connectivity index (χ1n) is 10.1. The van der Waals surface area contributed by atoms with Crippen LogP contribution in [0.25, 0.3) is 0 Å². The quantitative estimate of drug-likeness (QED) is 0.475. The van der Waals surface area contributed by atoms with Gasteiger partial charge in [-0.1, -0.05) is 72.2 Å². The molecule has 0 spiro atoms. The van der Waals surface area contributed by atoms with E-state index in [-0.39, 0.29) is 18.9 Å². The normalized spacial score (nSPS) is 12.6. The number of primary amides is 1. The van der Waals surface area contributed by atoms with Crippen molar-refractivity contribution in [2.45, 2.75) is 45.4 Å². The molecule has 0 aliphatic rings. The minimum atomic E-state index is -0.932. The number of ether oxygens (including phenoxy) is 1. The zero-order chi connectivity index (χ0) is 22.8. The highest BCUT2D eigenvalue weighted by molar-refractivity contribution is 9.10. The summed E-state index contributed by atoms with van der Waals surface area (Å²) >= 11 is 3.37. The Labute approximate surface area is 190 Å². The van der Waals surface area contributed by atoms with Gasteiger partial charge in [-0.05, 0) is 35.6 Å². The molecular formula is C23H28BrN3O4. The van der Waals surface area contributed by atoms with E-state index in [1.165, 1.54) is 0 Å². The number of benzene rings is 2. The number of alkyl carbamates (subject to hydrolysis) is 1. The van der Waals surface area contributed by atoms with Gasteiger partial charge in [0.25, 0.3) is 0 Å². The van der Waals surface area contributed by atoms with Crippen LogP contribution < -0.4 is 16.4 Å². The monoisotopic (exact) mass is 489 g/mol. The Hall–Kier alpha value is -2.87. The Balaban J connectivity index is 2.08. The lowest BCUT2D eigenvalue weighted by Gasteiger charge is -2.23. The number of carbonyl (C=O) groups excluding carboxylic acids is 3. The van der Waals surface area contributed by atoms with Crippen molar-refractivity contribution in [3.05, 3.63) is 70.2 Å². The van der Waals surface area contributed by atoms with Crippen molar-refractivity contribution in [1.29, 1.82) is 0 Å². The molecule has 4 N–H and O–H groups in total. The van der Waals surface area contributed by atoms with E-state index in [4.69, 9.17) is 10.5 Å². The summed E-state index contributed by atoms with van der Waals surface area (Å²) in [5, 5.41) is 5.28. The van der Waals surface area contributed by atoms with Gasteiger partial charge in [-0.25, -0.2) is 4.79 Å². The zero-order valence-electron chi connectivity index (χ0n) is 17.6. The summed E-state index contributed by atoms with van der Waals surface area (Å²) in [5.74, 6) is -0.952. The highest BCUT2D eigenvalue weighted by Crippen LogP contribution is 2.13. The molecule has 2 rings (SSSR count). The average molecular weight is 490 g/mol. The van der Waals surface area contributed by atoms with Crippen LogP contribution in [-0.2, 0) is 27.4 Å². The number of nitrogens with two attached hydrogens (primary N) is 1. The standard InChI is InChI=1S/C23H28BrN3O4/c1-15(2)12-19(21(25)28)26-22(29)20(13-16-8-10-18(24)11-9-16)27-23(30)31-14-17-6-4-3-5-7-17/h3-11,15,19-20H,12-14H2,1-2H3,(H2,25,28)(H,26,29)(H,27,30)/t19-,20-/m0/s1. The minimum absolute atomic E-state index is 0.0799. The fraction of sp³-hybridized carbons (Fsp3) is 0.348. The number of amides is 3. The summed E-state index contributed by atoms with van der Waals surface area (Å²) in [4.78, 5) is 37.0. The first-order chi connectivity index (χ1) is 14.7. The lowest BCUT2D eigenvalue weighted by molar-refractivity contribution is -0.128. The van der Waals surface area contributed by atoms with Crippen molar-refractivity contribution in [2.24, 2.45) is 11.7 Å². The van der Waals surface area contributed by atoms with Crippen molar-refractivity contribution >= 4 is 33.8 Å². The fourth-order valence-electron chi connectivity index (χ4n) is 2.96. The smallest absolute Gasteiger partial charge is 0.408 e. The zero-order valence-corrected chi connectivity index (χ0v) is 19.2. The predicted molar refractivity (Wildman–Crippen MR) is 122 cm³/mol. The summed E-state index contributed by atoms with van der Waals surface area (Å²) in [6.07, 6.45) is -0.0855. The van der Waals surface area contributed by atoms with Crippen molar-refractivity contribution in [3.8, 4) is 0 Å². The Kier molecular flexibility index (Phi) is 9.52. The lowest BCUT2D eigenvalue weighted by Crippen LogP contribution is -2.54. The molecule has 0 unspecified atom stereocenters. The molecule has 3 amide bonds. The first-order valence-corrected chi connectivity index (χ1v) is 10.8. The molecule has 0 bridgehead atoms. The van der Waals surface area contributed by atoms with Gasteiger partial charge in [0.15, 0.2) is 0 Å². The van der Waals surface area contributed by atoms with Gasteiger partial charge in [0.1, 0.15) is 18.7 Å². The van der Waals surface area contributed by atoms with E-state index < -0.39 is 30.0 Å². The molecule has 0 saturated carbocycles. The summed E-state index contributed by atoms with van der Waals surface area (Å²) in [6.45, 7) is 3.94. The van der Waals surface area contributed by atoms with Crippen LogP contribution in [0.1, 0.15) is 31.4 Å². The molecule has 2 aromatic carbocycles. The van der Waals surface area contributed by atoms with E-state index in [1.807, 2.05) is 68.4 Å². The molecule has 2 atom stereocenters. The molecule has 2 aromatic rings. The highest BCUT2D eigenvalue weighted by atomic mass is 79.9. The number of hydrogen-bond donors (Lipinski definition) is 3. The van der Waals surface area contributed by atoms with Crippen LogP contribution in [0.5, 0.6) is 0 Å². The van der Waals surface area contributed by atoms with E-state index in [1.54, 1.807) is 0 Å². The van der Waals surface area contributed by atoms with Gasteiger partial charge >= 0.3 is 6.09 Å². The number of nitrogens with one attached hydrogen (secondary N) is 2. The molecule has 166 valence electrons. The summed E-state index contributed by atoms with van der Waals surface area (Å²) in [7, 11) is 0. The summed E-state index contributed by atoms with van der Waals surface area (Å²) in [6, 6.07) is 14.9. The van der Waals surface area contributed by atoms with E-state index in [9.17, 15) is 14.4 Å². The van der Waals surface area contributed by atoms with E-state index in [2.05, 4.69) is 26.6 Å². The number of hydrogen-bond acceptors (Lipinski definition) is 4. The maximum atomic E-state index is 12.9. The van der Waals surface area contributed by atoms with Crippen LogP contribution in [-0.4, -0.2) is 30.0 Å². The van der Waals surface area contributed by atoms with Gasteiger partial charge in [0.05, 0.1) is 0 Å². The van der Waals surface area contributed by atoms with E-state index >= 15 is 0 Å². The van der Waals surface area contributed by atoms with E-state index in [0.29, 0.717) is 6.42 Å². The Morgan fingerprint density at radius 1 is 0.935 bits per heavy atom. The third kappa shape index (κ3) is 8.80. The average Bonchev–Trinajstić information content (AvgIpc) is 2.73. The van der Waals surface area contributed by atoms with E-state index in [0.717, 1.165) is 15.6 Å². The molecule has 0 radical (unpaired) electrons. The largest absolute Gasteiger partial charge is 0.445 e. The topological polar surface area (TPSA) is 111 Å². The number of carbonyl (C=O) groups is 3. The second-order valence-corrected chi connectivity index (χ2v) is 8.60. The van der Waals surface area contributed by atoms with Crippen molar-refractivity contribution in [2.75, 3.05) is 0 Å². The first kappa shape index (κ1) is 24.4. The Bertz CT molecular complexity index is 872. The van der Waals surface area contributed by atoms with Gasteiger partial charge in [-0.3, -0.25) is 9.59 Å². The third-order valence-corrected chi connectivity index (χ3v) is 5.07. The molecule has 0 saturated heterocycles. The molecule has 0 aliphatic carbocycles. The van der Waals surface area contributed by atoms with Crippen LogP contribution in [0, 0.1) is 5.92 Å². The summed E-state index contributed by atoms with van der Waals surface area (Å²) < 4.78 is 6.15. The highest BCUT2D eigenvalue weighted by Gasteiger charge is 2.27. The van der Waals surface area contributed by atoms with Gasteiger partial charge in [-0.15, -0.1) is 0 Å². The minimum Gasteiger partial charge on any atom is -0.445 e. The fourth-order valence-corrected chi connectivity index (χ4v) is 3.23. The molecule has 31 heavy (non-hydrogen) atoms. The van der Waals surface area contributed by atoms with Gasteiger partial charge in [0, 0.05) is 10.9 Å². The third-order valence-electron chi connectivity index (χ3n) is 4.54. The second-order valence-electron chi connectivity index (χ2n) is 7.68. The number of rotatable bonds is 10. The Morgan fingerprint density at radius 3 is 2.16 bits per heavy atom. The molecular weight excluding hydrogens is 462 g/mol. The molecule has 8 heteroatoms. The van der Waals surface area contributed by atoms with Crippen LogP contribution in [0.15, 0.2) is 59.1 Å². The number of halogens is 1. The van der Waals surface area contributed by atoms with Crippen LogP contribution in [0.2, 0.25) is 0 Å². The SMILES string of the molecule is CC(C)C[C@H](NC(=O)[C@H](Cc1ccc(Br)cc1)NC(=O)OCc1ccccc1)C(N)=O. The van der Waals surface area contributed by atoms with Crippen molar-refractivity contribution in [1.82, 2.24) is 10.6 Å². The van der Waals surface area contributed by atoms with Gasteiger partial charge in [-0.2, -0.15) is 0 Å². The summed E-state index contributed by atoms with van der Waals surface area (Å²) in [5.41, 5.74) is 7.12.